The number of ether oxygens (including phenoxy) is 1. The van der Waals surface area contributed by atoms with E-state index in [1.807, 2.05) is 18.2 Å². The molecule has 1 aliphatic heterocycles. The highest BCUT2D eigenvalue weighted by Gasteiger charge is 2.12. The van der Waals surface area contributed by atoms with Gasteiger partial charge in [-0.25, -0.2) is 0 Å². The maximum Gasteiger partial charge on any atom is 0.319 e. The molecule has 1 aromatic rings. The molecule has 0 radical (unpaired) electrons. The molecule has 1 aliphatic rings. The Morgan fingerprint density at radius 2 is 2.10 bits per heavy atom. The molecule has 0 fully saturated rings. The van der Waals surface area contributed by atoms with E-state index < -0.39 is 0 Å². The van der Waals surface area contributed by atoms with Crippen LogP contribution in [-0.4, -0.2) is 55.7 Å². The van der Waals surface area contributed by atoms with Crippen molar-refractivity contribution >= 4 is 5.97 Å². The lowest BCUT2D eigenvalue weighted by Gasteiger charge is -2.22. The summed E-state index contributed by atoms with van der Waals surface area (Å²) in [6.07, 6.45) is 0. The summed E-state index contributed by atoms with van der Waals surface area (Å²) in [6, 6.07) is 6.02. The van der Waals surface area contributed by atoms with Crippen molar-refractivity contribution in [2.45, 2.75) is 13.1 Å². The van der Waals surface area contributed by atoms with E-state index in [-0.39, 0.29) is 5.97 Å². The third-order valence-corrected chi connectivity index (χ3v) is 3.22. The van der Waals surface area contributed by atoms with Gasteiger partial charge in [0.1, 0.15) is 0 Å². The van der Waals surface area contributed by atoms with Gasteiger partial charge in [-0.15, -0.1) is 0 Å². The number of nitrogens with zero attached hydrogens (tertiary/aromatic N) is 2. The number of fused-ring (bicyclic) bond motifs is 2. The van der Waals surface area contributed by atoms with E-state index in [4.69, 9.17) is 4.74 Å². The van der Waals surface area contributed by atoms with Crippen molar-refractivity contribution in [3.05, 3.63) is 29.6 Å². The van der Waals surface area contributed by atoms with E-state index in [1.165, 1.54) is 7.11 Å². The Balaban J connectivity index is 2.07. The van der Waals surface area contributed by atoms with Crippen molar-refractivity contribution in [2.24, 2.45) is 0 Å². The van der Waals surface area contributed by atoms with Gasteiger partial charge < -0.3 is 15.4 Å². The minimum absolute atomic E-state index is 0.213. The number of methoxy groups -OCH3 is 1. The number of pyridine rings is 1. The van der Waals surface area contributed by atoms with E-state index in [0.717, 1.165) is 44.1 Å². The van der Waals surface area contributed by atoms with Gasteiger partial charge in [0.05, 0.1) is 25.0 Å². The molecule has 6 nitrogen and oxygen atoms in total. The zero-order chi connectivity index (χ0) is 14.2. The molecule has 0 aliphatic carbocycles. The van der Waals surface area contributed by atoms with E-state index in [2.05, 4.69) is 20.5 Å². The molecule has 1 aromatic heterocycles. The predicted molar refractivity (Wildman–Crippen MR) is 76.1 cm³/mol. The molecular formula is C14H22N4O2. The largest absolute Gasteiger partial charge is 0.468 e. The predicted octanol–water partition coefficient (Wildman–Crippen LogP) is -0.251. The van der Waals surface area contributed by atoms with Crippen LogP contribution in [-0.2, 0) is 22.6 Å². The Labute approximate surface area is 119 Å². The normalized spacial score (nSPS) is 17.9. The van der Waals surface area contributed by atoms with Crippen LogP contribution in [0.25, 0.3) is 0 Å². The molecule has 6 heteroatoms. The monoisotopic (exact) mass is 278 g/mol. The van der Waals surface area contributed by atoms with E-state index in [9.17, 15) is 4.79 Å². The highest BCUT2D eigenvalue weighted by atomic mass is 16.5. The zero-order valence-electron chi connectivity index (χ0n) is 11.9. The van der Waals surface area contributed by atoms with Gasteiger partial charge in [-0.1, -0.05) is 6.07 Å². The molecule has 0 saturated heterocycles. The second kappa shape index (κ2) is 7.94. The van der Waals surface area contributed by atoms with Crippen LogP contribution in [0.15, 0.2) is 18.2 Å². The minimum Gasteiger partial charge on any atom is -0.468 e. The summed E-state index contributed by atoms with van der Waals surface area (Å²) in [5, 5.41) is 6.71. The number of hydrogen-bond acceptors (Lipinski definition) is 6. The van der Waals surface area contributed by atoms with Crippen LogP contribution >= 0.6 is 0 Å². The Bertz CT molecular complexity index is 439. The molecule has 2 rings (SSSR count). The average molecular weight is 278 g/mol. The number of aromatic nitrogens is 1. The Kier molecular flexibility index (Phi) is 5.91. The summed E-state index contributed by atoms with van der Waals surface area (Å²) in [5.41, 5.74) is 2.01. The SMILES string of the molecule is COC(=O)CN1CCNCCNCc2cccc(n2)C1. The van der Waals surface area contributed by atoms with Crippen LogP contribution in [0.1, 0.15) is 11.4 Å². The molecule has 20 heavy (non-hydrogen) atoms. The van der Waals surface area contributed by atoms with Gasteiger partial charge in [0.15, 0.2) is 0 Å². The lowest BCUT2D eigenvalue weighted by molar-refractivity contribution is -0.142. The molecule has 0 aromatic carbocycles. The average Bonchev–Trinajstić information content (AvgIpc) is 2.45. The number of rotatable bonds is 2. The van der Waals surface area contributed by atoms with Crippen LogP contribution in [0.4, 0.5) is 0 Å². The third kappa shape index (κ3) is 4.88. The highest BCUT2D eigenvalue weighted by Crippen LogP contribution is 2.04. The summed E-state index contributed by atoms with van der Waals surface area (Å²) >= 11 is 0. The molecule has 0 amide bonds. The minimum atomic E-state index is -0.213. The maximum atomic E-state index is 11.5. The first kappa shape index (κ1) is 14.9. The highest BCUT2D eigenvalue weighted by molar-refractivity contribution is 5.71. The molecule has 110 valence electrons. The quantitative estimate of drug-likeness (QED) is 0.727. The van der Waals surface area contributed by atoms with Gasteiger partial charge in [0.25, 0.3) is 0 Å². The number of esters is 1. The maximum absolute atomic E-state index is 11.5. The lowest BCUT2D eigenvalue weighted by atomic mass is 10.2. The van der Waals surface area contributed by atoms with Crippen molar-refractivity contribution in [3.8, 4) is 0 Å². The molecular weight excluding hydrogens is 256 g/mol. The van der Waals surface area contributed by atoms with Gasteiger partial charge in [-0.3, -0.25) is 14.7 Å². The van der Waals surface area contributed by atoms with Crippen LogP contribution in [0.5, 0.6) is 0 Å². The molecule has 2 heterocycles. The fourth-order valence-electron chi connectivity index (χ4n) is 2.16. The molecule has 0 saturated carbocycles. The van der Waals surface area contributed by atoms with Gasteiger partial charge in [0.2, 0.25) is 0 Å². The van der Waals surface area contributed by atoms with Crippen molar-refractivity contribution in [2.75, 3.05) is 39.8 Å². The van der Waals surface area contributed by atoms with Crippen LogP contribution < -0.4 is 10.6 Å². The van der Waals surface area contributed by atoms with Crippen LogP contribution in [0.3, 0.4) is 0 Å². The van der Waals surface area contributed by atoms with E-state index in [0.29, 0.717) is 13.1 Å². The zero-order valence-corrected chi connectivity index (χ0v) is 11.9. The van der Waals surface area contributed by atoms with Crippen molar-refractivity contribution in [1.82, 2.24) is 20.5 Å². The fraction of sp³-hybridized carbons (Fsp3) is 0.571. The summed E-state index contributed by atoms with van der Waals surface area (Å²) < 4.78 is 4.75. The van der Waals surface area contributed by atoms with Gasteiger partial charge in [0, 0.05) is 39.3 Å². The van der Waals surface area contributed by atoms with Gasteiger partial charge in [-0.2, -0.15) is 0 Å². The first-order chi connectivity index (χ1) is 9.78. The van der Waals surface area contributed by atoms with Crippen molar-refractivity contribution in [1.29, 1.82) is 0 Å². The molecule has 2 bridgehead atoms. The lowest BCUT2D eigenvalue weighted by Crippen LogP contribution is -2.38. The van der Waals surface area contributed by atoms with Gasteiger partial charge in [-0.05, 0) is 12.1 Å². The summed E-state index contributed by atoms with van der Waals surface area (Å²) in [6.45, 7) is 5.17. The second-order valence-corrected chi connectivity index (χ2v) is 4.83. The number of carbonyl (C=O) groups is 1. The Morgan fingerprint density at radius 3 is 2.95 bits per heavy atom. The van der Waals surface area contributed by atoms with Crippen molar-refractivity contribution < 1.29 is 9.53 Å². The number of nitrogens with one attached hydrogen (secondary N) is 2. The Morgan fingerprint density at radius 1 is 1.30 bits per heavy atom. The van der Waals surface area contributed by atoms with E-state index in [1.54, 1.807) is 0 Å². The first-order valence-corrected chi connectivity index (χ1v) is 6.93. The first-order valence-electron chi connectivity index (χ1n) is 6.93. The summed E-state index contributed by atoms with van der Waals surface area (Å²) in [7, 11) is 1.42. The summed E-state index contributed by atoms with van der Waals surface area (Å²) in [4.78, 5) is 18.1. The molecule has 0 atom stereocenters. The molecule has 2 N–H and O–H groups in total. The van der Waals surface area contributed by atoms with Gasteiger partial charge >= 0.3 is 5.97 Å². The topological polar surface area (TPSA) is 66.5 Å². The second-order valence-electron chi connectivity index (χ2n) is 4.83. The van der Waals surface area contributed by atoms with E-state index >= 15 is 0 Å². The standard InChI is InChI=1S/C14H22N4O2/c1-20-14(19)11-18-8-7-15-5-6-16-9-12-3-2-4-13(10-18)17-12/h2-4,15-16H,5-11H2,1H3. The third-order valence-electron chi connectivity index (χ3n) is 3.22. The van der Waals surface area contributed by atoms with Crippen molar-refractivity contribution in [3.63, 3.8) is 0 Å². The van der Waals surface area contributed by atoms with Crippen LogP contribution in [0.2, 0.25) is 0 Å². The van der Waals surface area contributed by atoms with Crippen LogP contribution in [0, 0.1) is 0 Å². The number of carbonyl (C=O) groups excluding carboxylic acids is 1. The molecule has 0 unspecified atom stereocenters. The fourth-order valence-corrected chi connectivity index (χ4v) is 2.16. The summed E-state index contributed by atoms with van der Waals surface area (Å²) in [5.74, 6) is -0.213. The number of hydrogen-bond donors (Lipinski definition) is 2. The Hall–Kier alpha value is -1.50. The molecule has 0 spiro atoms. The smallest absolute Gasteiger partial charge is 0.319 e.